The summed E-state index contributed by atoms with van der Waals surface area (Å²) in [6.07, 6.45) is 3.86. The van der Waals surface area contributed by atoms with Crippen molar-refractivity contribution in [3.8, 4) is 0 Å². The molecule has 0 unspecified atom stereocenters. The average molecular weight is 251 g/mol. The van der Waals surface area contributed by atoms with Crippen molar-refractivity contribution in [2.45, 2.75) is 26.7 Å². The molecule has 0 spiro atoms. The zero-order valence-corrected chi connectivity index (χ0v) is 10.5. The van der Waals surface area contributed by atoms with Crippen LogP contribution in [0, 0.1) is 13.8 Å². The Kier molecular flexibility index (Phi) is 3.53. The number of oxazole rings is 1. The smallest absolute Gasteiger partial charge is 0.226 e. The number of aryl methyl sites for hydroxylation is 3. The Morgan fingerprint density at radius 3 is 2.94 bits per heavy atom. The van der Waals surface area contributed by atoms with Crippen LogP contribution in [0.15, 0.2) is 17.1 Å². The van der Waals surface area contributed by atoms with E-state index >= 15 is 0 Å². The number of rotatable bonds is 4. The van der Waals surface area contributed by atoms with Gasteiger partial charge in [0.25, 0.3) is 0 Å². The van der Waals surface area contributed by atoms with Crippen molar-refractivity contribution in [3.63, 3.8) is 0 Å². The largest absolute Gasteiger partial charge is 0.451 e. The predicted octanol–water partition coefficient (Wildman–Crippen LogP) is 2.32. The molecule has 0 aliphatic carbocycles. The van der Waals surface area contributed by atoms with Crippen LogP contribution in [0.2, 0.25) is 0 Å². The van der Waals surface area contributed by atoms with E-state index in [9.17, 15) is 4.79 Å². The highest BCUT2D eigenvalue weighted by Gasteiger charge is 2.08. The van der Waals surface area contributed by atoms with Gasteiger partial charge in [-0.15, -0.1) is 11.3 Å². The minimum Gasteiger partial charge on any atom is -0.451 e. The van der Waals surface area contributed by atoms with Gasteiger partial charge < -0.3 is 9.73 Å². The molecule has 1 amide bonds. The highest BCUT2D eigenvalue weighted by Crippen LogP contribution is 2.21. The van der Waals surface area contributed by atoms with Crippen molar-refractivity contribution in [3.05, 3.63) is 28.9 Å². The fourth-order valence-corrected chi connectivity index (χ4v) is 2.14. The number of amides is 1. The molecule has 5 nitrogen and oxygen atoms in total. The number of anilines is 1. The summed E-state index contributed by atoms with van der Waals surface area (Å²) in [4.78, 5) is 20.9. The maximum Gasteiger partial charge on any atom is 0.226 e. The average Bonchev–Trinajstić information content (AvgIpc) is 2.87. The normalized spacial score (nSPS) is 10.5. The molecule has 6 heteroatoms. The molecule has 0 aliphatic rings. The third-order valence-corrected chi connectivity index (χ3v) is 3.35. The summed E-state index contributed by atoms with van der Waals surface area (Å²) in [6.45, 7) is 3.91. The summed E-state index contributed by atoms with van der Waals surface area (Å²) in [6, 6.07) is 0. The fourth-order valence-electron chi connectivity index (χ4n) is 1.31. The maximum atomic E-state index is 11.6. The maximum absolute atomic E-state index is 11.6. The van der Waals surface area contributed by atoms with Crippen LogP contribution in [0.4, 0.5) is 5.13 Å². The molecular weight excluding hydrogens is 238 g/mol. The van der Waals surface area contributed by atoms with Crippen molar-refractivity contribution in [2.75, 3.05) is 5.32 Å². The summed E-state index contributed by atoms with van der Waals surface area (Å²) in [5.74, 6) is -0.0539. The van der Waals surface area contributed by atoms with E-state index in [4.69, 9.17) is 4.42 Å². The minimum absolute atomic E-state index is 0.0539. The lowest BCUT2D eigenvalue weighted by Crippen LogP contribution is -2.12. The Hall–Kier alpha value is -1.69. The van der Waals surface area contributed by atoms with Gasteiger partial charge in [0, 0.05) is 17.7 Å². The van der Waals surface area contributed by atoms with E-state index in [-0.39, 0.29) is 5.91 Å². The third-order valence-electron chi connectivity index (χ3n) is 2.37. The van der Waals surface area contributed by atoms with Gasteiger partial charge in [0.05, 0.1) is 11.4 Å². The number of carbonyl (C=O) groups is 1. The summed E-state index contributed by atoms with van der Waals surface area (Å²) in [5, 5.41) is 3.43. The van der Waals surface area contributed by atoms with Crippen molar-refractivity contribution in [1.82, 2.24) is 9.97 Å². The van der Waals surface area contributed by atoms with Gasteiger partial charge in [-0.1, -0.05) is 0 Å². The standard InChI is InChI=1S/C11H13N3O2S/c1-7-8(2)17-11(13-7)14-10(15)4-3-9-5-16-6-12-9/h5-6H,3-4H2,1-2H3,(H,13,14,15). The molecule has 17 heavy (non-hydrogen) atoms. The summed E-state index contributed by atoms with van der Waals surface area (Å²) < 4.78 is 4.83. The van der Waals surface area contributed by atoms with E-state index in [1.807, 2.05) is 13.8 Å². The molecule has 0 radical (unpaired) electrons. The Bertz CT molecular complexity index is 485. The number of nitrogens with one attached hydrogen (secondary N) is 1. The molecule has 0 saturated heterocycles. The van der Waals surface area contributed by atoms with Crippen molar-refractivity contribution in [2.24, 2.45) is 0 Å². The predicted molar refractivity (Wildman–Crippen MR) is 65.0 cm³/mol. The molecule has 0 atom stereocenters. The minimum atomic E-state index is -0.0539. The van der Waals surface area contributed by atoms with E-state index in [1.54, 1.807) is 6.26 Å². The second-order valence-corrected chi connectivity index (χ2v) is 4.89. The lowest BCUT2D eigenvalue weighted by molar-refractivity contribution is -0.116. The molecule has 0 saturated carbocycles. The Morgan fingerprint density at radius 2 is 2.35 bits per heavy atom. The van der Waals surface area contributed by atoms with E-state index in [1.165, 1.54) is 17.7 Å². The van der Waals surface area contributed by atoms with Crippen LogP contribution in [0.5, 0.6) is 0 Å². The van der Waals surface area contributed by atoms with Crippen molar-refractivity contribution >= 4 is 22.4 Å². The van der Waals surface area contributed by atoms with Gasteiger partial charge >= 0.3 is 0 Å². The summed E-state index contributed by atoms with van der Waals surface area (Å²) >= 11 is 1.49. The zero-order chi connectivity index (χ0) is 12.3. The van der Waals surface area contributed by atoms with Crippen LogP contribution in [-0.4, -0.2) is 15.9 Å². The SMILES string of the molecule is Cc1nc(NC(=O)CCc2cocn2)sc1C. The summed E-state index contributed by atoms with van der Waals surface area (Å²) in [5.41, 5.74) is 1.74. The third kappa shape index (κ3) is 3.13. The van der Waals surface area contributed by atoms with Gasteiger partial charge in [0.15, 0.2) is 11.5 Å². The molecule has 90 valence electrons. The van der Waals surface area contributed by atoms with Gasteiger partial charge in [-0.25, -0.2) is 9.97 Å². The first-order valence-corrected chi connectivity index (χ1v) is 6.08. The van der Waals surface area contributed by atoms with Gasteiger partial charge in [0.2, 0.25) is 5.91 Å². The quantitative estimate of drug-likeness (QED) is 0.905. The first-order valence-electron chi connectivity index (χ1n) is 5.26. The van der Waals surface area contributed by atoms with Crippen molar-refractivity contribution < 1.29 is 9.21 Å². The number of hydrogen-bond acceptors (Lipinski definition) is 5. The zero-order valence-electron chi connectivity index (χ0n) is 9.69. The molecule has 0 aliphatic heterocycles. The van der Waals surface area contributed by atoms with E-state index in [0.29, 0.717) is 18.0 Å². The topological polar surface area (TPSA) is 68.0 Å². The lowest BCUT2D eigenvalue weighted by Gasteiger charge is -1.99. The van der Waals surface area contributed by atoms with Crippen LogP contribution < -0.4 is 5.32 Å². The summed E-state index contributed by atoms with van der Waals surface area (Å²) in [7, 11) is 0. The first kappa shape index (κ1) is 11.8. The number of aromatic nitrogens is 2. The molecular formula is C11H13N3O2S. The second-order valence-electron chi connectivity index (χ2n) is 3.69. The first-order chi connectivity index (χ1) is 8.15. The van der Waals surface area contributed by atoms with Crippen LogP contribution in [0.1, 0.15) is 22.7 Å². The van der Waals surface area contributed by atoms with Gasteiger partial charge in [-0.05, 0) is 13.8 Å². The Labute approximate surface area is 103 Å². The molecule has 2 aromatic heterocycles. The monoisotopic (exact) mass is 251 g/mol. The second kappa shape index (κ2) is 5.09. The van der Waals surface area contributed by atoms with E-state index in [0.717, 1.165) is 16.3 Å². The lowest BCUT2D eigenvalue weighted by atomic mass is 10.2. The highest BCUT2D eigenvalue weighted by atomic mass is 32.1. The van der Waals surface area contributed by atoms with E-state index in [2.05, 4.69) is 15.3 Å². The molecule has 2 rings (SSSR count). The molecule has 0 fully saturated rings. The number of carbonyl (C=O) groups excluding carboxylic acids is 1. The van der Waals surface area contributed by atoms with E-state index < -0.39 is 0 Å². The molecule has 0 bridgehead atoms. The van der Waals surface area contributed by atoms with Crippen LogP contribution in [-0.2, 0) is 11.2 Å². The molecule has 0 aromatic carbocycles. The number of thiazole rings is 1. The Balaban J connectivity index is 1.85. The number of hydrogen-bond donors (Lipinski definition) is 1. The van der Waals surface area contributed by atoms with Gasteiger partial charge in [-0.3, -0.25) is 4.79 Å². The van der Waals surface area contributed by atoms with Crippen LogP contribution >= 0.6 is 11.3 Å². The fraction of sp³-hybridized carbons (Fsp3) is 0.364. The van der Waals surface area contributed by atoms with Crippen LogP contribution in [0.3, 0.4) is 0 Å². The van der Waals surface area contributed by atoms with Crippen molar-refractivity contribution in [1.29, 1.82) is 0 Å². The molecule has 2 aromatic rings. The Morgan fingerprint density at radius 1 is 1.53 bits per heavy atom. The highest BCUT2D eigenvalue weighted by molar-refractivity contribution is 7.15. The number of nitrogens with zero attached hydrogens (tertiary/aromatic N) is 2. The van der Waals surface area contributed by atoms with Gasteiger partial charge in [0.1, 0.15) is 6.26 Å². The molecule has 1 N–H and O–H groups in total. The van der Waals surface area contributed by atoms with Gasteiger partial charge in [-0.2, -0.15) is 0 Å². The molecule has 2 heterocycles. The van der Waals surface area contributed by atoms with Crippen LogP contribution in [0.25, 0.3) is 0 Å².